The van der Waals surface area contributed by atoms with Crippen molar-refractivity contribution in [3.05, 3.63) is 34.9 Å². The summed E-state index contributed by atoms with van der Waals surface area (Å²) in [5.41, 5.74) is 1.41. The molecule has 6 heteroatoms. The molecule has 3 atom stereocenters. The molecule has 2 rings (SSSR count). The van der Waals surface area contributed by atoms with E-state index in [4.69, 9.17) is 18.9 Å². The lowest BCUT2D eigenvalue weighted by atomic mass is 10.1. The Hall–Kier alpha value is -1.92. The van der Waals surface area contributed by atoms with E-state index < -0.39 is 11.9 Å². The summed E-state index contributed by atoms with van der Waals surface area (Å²) >= 11 is 0. The van der Waals surface area contributed by atoms with Gasteiger partial charge in [0.25, 0.3) is 0 Å². The molecule has 1 saturated heterocycles. The first-order valence-corrected chi connectivity index (χ1v) is 12.1. The molecule has 0 spiro atoms. The van der Waals surface area contributed by atoms with Crippen LogP contribution in [0.4, 0.5) is 0 Å². The van der Waals surface area contributed by atoms with Crippen molar-refractivity contribution in [1.82, 2.24) is 0 Å². The highest BCUT2D eigenvalue weighted by Crippen LogP contribution is 2.19. The Labute approximate surface area is 193 Å². The van der Waals surface area contributed by atoms with Gasteiger partial charge in [-0.1, -0.05) is 40.5 Å². The molecule has 1 aromatic carbocycles. The first-order chi connectivity index (χ1) is 15.4. The van der Waals surface area contributed by atoms with Crippen LogP contribution >= 0.6 is 0 Å². The van der Waals surface area contributed by atoms with E-state index in [1.165, 1.54) is 0 Å². The Kier molecular flexibility index (Phi) is 11.7. The minimum atomic E-state index is -0.433. The van der Waals surface area contributed by atoms with Gasteiger partial charge < -0.3 is 18.9 Å². The third-order valence-electron chi connectivity index (χ3n) is 5.60. The number of carbonyl (C=O) groups is 2. The van der Waals surface area contributed by atoms with Crippen LogP contribution in [0.15, 0.2) is 18.2 Å². The maximum Gasteiger partial charge on any atom is 0.338 e. The summed E-state index contributed by atoms with van der Waals surface area (Å²) in [4.78, 5) is 25.4. The number of carbonyl (C=O) groups excluding carboxylic acids is 2. The molecule has 32 heavy (non-hydrogen) atoms. The minimum absolute atomic E-state index is 0.250. The molecular weight excluding hydrogens is 408 g/mol. The SMILES string of the molecule is CCC[C@H](C)COC(=O)c1cc(COC2CCCCO2)cc(C(=O)OC[C@@H](C)CCC)c1. The van der Waals surface area contributed by atoms with Gasteiger partial charge in [0.05, 0.1) is 30.9 Å². The topological polar surface area (TPSA) is 71.1 Å². The molecule has 0 aromatic heterocycles. The fraction of sp³-hybridized carbons (Fsp3) is 0.692. The normalized spacial score (nSPS) is 18.1. The number of benzene rings is 1. The summed E-state index contributed by atoms with van der Waals surface area (Å²) in [7, 11) is 0. The highest BCUT2D eigenvalue weighted by Gasteiger charge is 2.19. The Balaban J connectivity index is 2.10. The van der Waals surface area contributed by atoms with E-state index in [9.17, 15) is 9.59 Å². The molecule has 180 valence electrons. The van der Waals surface area contributed by atoms with Crippen LogP contribution in [0.5, 0.6) is 0 Å². The molecule has 0 N–H and O–H groups in total. The minimum Gasteiger partial charge on any atom is -0.462 e. The fourth-order valence-electron chi connectivity index (χ4n) is 3.80. The summed E-state index contributed by atoms with van der Waals surface area (Å²) in [6, 6.07) is 5.01. The predicted molar refractivity (Wildman–Crippen MR) is 124 cm³/mol. The van der Waals surface area contributed by atoms with Gasteiger partial charge in [0.2, 0.25) is 0 Å². The van der Waals surface area contributed by atoms with E-state index in [1.54, 1.807) is 18.2 Å². The maximum atomic E-state index is 12.7. The fourth-order valence-corrected chi connectivity index (χ4v) is 3.80. The Morgan fingerprint density at radius 2 is 1.50 bits per heavy atom. The van der Waals surface area contributed by atoms with Crippen molar-refractivity contribution >= 4 is 11.9 Å². The van der Waals surface area contributed by atoms with Crippen LogP contribution in [0.3, 0.4) is 0 Å². The molecule has 1 unspecified atom stereocenters. The van der Waals surface area contributed by atoms with Gasteiger partial charge in [0, 0.05) is 6.61 Å². The molecule has 1 aromatic rings. The number of rotatable bonds is 13. The Bertz CT molecular complexity index is 664. The molecule has 1 aliphatic rings. The van der Waals surface area contributed by atoms with Crippen LogP contribution in [-0.4, -0.2) is 38.0 Å². The Morgan fingerprint density at radius 1 is 0.938 bits per heavy atom. The van der Waals surface area contributed by atoms with Gasteiger partial charge in [-0.05, 0) is 67.7 Å². The van der Waals surface area contributed by atoms with Crippen LogP contribution in [0, 0.1) is 11.8 Å². The molecule has 0 amide bonds. The van der Waals surface area contributed by atoms with Crippen molar-refractivity contribution in [1.29, 1.82) is 0 Å². The number of hydrogen-bond acceptors (Lipinski definition) is 6. The van der Waals surface area contributed by atoms with Crippen molar-refractivity contribution in [3.63, 3.8) is 0 Å². The number of esters is 2. The average Bonchev–Trinajstić information content (AvgIpc) is 2.80. The Morgan fingerprint density at radius 3 is 1.97 bits per heavy atom. The van der Waals surface area contributed by atoms with E-state index >= 15 is 0 Å². The second-order valence-electron chi connectivity index (χ2n) is 9.01. The second kappa shape index (κ2) is 14.3. The number of ether oxygens (including phenoxy) is 4. The van der Waals surface area contributed by atoms with Crippen LogP contribution in [0.25, 0.3) is 0 Å². The van der Waals surface area contributed by atoms with Gasteiger partial charge in [-0.3, -0.25) is 0 Å². The summed E-state index contributed by atoms with van der Waals surface area (Å²) < 4.78 is 22.5. The molecule has 0 aliphatic carbocycles. The van der Waals surface area contributed by atoms with E-state index in [0.29, 0.717) is 42.8 Å². The number of hydrogen-bond donors (Lipinski definition) is 0. The zero-order valence-corrected chi connectivity index (χ0v) is 20.2. The van der Waals surface area contributed by atoms with Gasteiger partial charge in [-0.25, -0.2) is 9.59 Å². The highest BCUT2D eigenvalue weighted by atomic mass is 16.7. The molecule has 1 heterocycles. The van der Waals surface area contributed by atoms with Gasteiger partial charge in [0.15, 0.2) is 6.29 Å². The third kappa shape index (κ3) is 9.29. The van der Waals surface area contributed by atoms with Crippen LogP contribution < -0.4 is 0 Å². The van der Waals surface area contributed by atoms with Crippen LogP contribution in [-0.2, 0) is 25.6 Å². The van der Waals surface area contributed by atoms with Crippen molar-refractivity contribution in [2.24, 2.45) is 11.8 Å². The van der Waals surface area contributed by atoms with E-state index in [0.717, 1.165) is 50.5 Å². The average molecular weight is 449 g/mol. The zero-order valence-electron chi connectivity index (χ0n) is 20.2. The summed E-state index contributed by atoms with van der Waals surface area (Å²) in [5, 5.41) is 0. The van der Waals surface area contributed by atoms with Gasteiger partial charge >= 0.3 is 11.9 Å². The molecule has 1 aliphatic heterocycles. The van der Waals surface area contributed by atoms with Crippen molar-refractivity contribution in [3.8, 4) is 0 Å². The monoisotopic (exact) mass is 448 g/mol. The van der Waals surface area contributed by atoms with E-state index in [2.05, 4.69) is 27.7 Å². The van der Waals surface area contributed by atoms with Crippen molar-refractivity contribution < 1.29 is 28.5 Å². The second-order valence-corrected chi connectivity index (χ2v) is 9.01. The van der Waals surface area contributed by atoms with Crippen molar-refractivity contribution in [2.45, 2.75) is 85.5 Å². The lowest BCUT2D eigenvalue weighted by Gasteiger charge is -2.23. The van der Waals surface area contributed by atoms with Gasteiger partial charge in [-0.15, -0.1) is 0 Å². The highest BCUT2D eigenvalue weighted by molar-refractivity contribution is 5.95. The molecule has 0 saturated carbocycles. The largest absolute Gasteiger partial charge is 0.462 e. The van der Waals surface area contributed by atoms with Gasteiger partial charge in [0.1, 0.15) is 0 Å². The molecule has 6 nitrogen and oxygen atoms in total. The molecular formula is C26H40O6. The quantitative estimate of drug-likeness (QED) is 0.349. The standard InChI is InChI=1S/C26H40O6/c1-5-9-19(3)16-31-25(27)22-13-21(18-30-24-11-7-8-12-29-24)14-23(15-22)26(28)32-17-20(4)10-6-2/h13-15,19-20,24H,5-12,16-18H2,1-4H3/t19-,20-,24?/m0/s1. The van der Waals surface area contributed by atoms with Crippen LogP contribution in [0.2, 0.25) is 0 Å². The lowest BCUT2D eigenvalue weighted by Crippen LogP contribution is -2.22. The van der Waals surface area contributed by atoms with Crippen LogP contribution in [0.1, 0.15) is 98.9 Å². The molecule has 0 radical (unpaired) electrons. The van der Waals surface area contributed by atoms with Gasteiger partial charge in [-0.2, -0.15) is 0 Å². The first kappa shape index (κ1) is 26.3. The third-order valence-corrected chi connectivity index (χ3v) is 5.60. The van der Waals surface area contributed by atoms with E-state index in [-0.39, 0.29) is 12.9 Å². The summed E-state index contributed by atoms with van der Waals surface area (Å²) in [5.74, 6) is -0.277. The summed E-state index contributed by atoms with van der Waals surface area (Å²) in [6.07, 6.45) is 6.79. The zero-order chi connectivity index (χ0) is 23.3. The summed E-state index contributed by atoms with van der Waals surface area (Å²) in [6.45, 7) is 10.0. The molecule has 0 bridgehead atoms. The predicted octanol–water partition coefficient (Wildman–Crippen LogP) is 5.92. The maximum absolute atomic E-state index is 12.7. The lowest BCUT2D eigenvalue weighted by molar-refractivity contribution is -0.168. The first-order valence-electron chi connectivity index (χ1n) is 12.1. The smallest absolute Gasteiger partial charge is 0.338 e. The van der Waals surface area contributed by atoms with E-state index in [1.807, 2.05) is 0 Å². The van der Waals surface area contributed by atoms with Crippen molar-refractivity contribution in [2.75, 3.05) is 19.8 Å². The molecule has 1 fully saturated rings.